The Balaban J connectivity index is 2.79. The number of alkyl halides is 3. The molecule has 0 spiro atoms. The Bertz CT molecular complexity index is 587. The van der Waals surface area contributed by atoms with Crippen molar-refractivity contribution in [1.29, 1.82) is 0 Å². The first-order valence-electron chi connectivity index (χ1n) is 7.01. The molecule has 136 valence electrons. The monoisotopic (exact) mass is 413 g/mol. The molecule has 0 heterocycles. The van der Waals surface area contributed by atoms with Crippen molar-refractivity contribution < 1.29 is 32.9 Å². The first kappa shape index (κ1) is 20.7. The predicted octanol–water partition coefficient (Wildman–Crippen LogP) is 3.39. The Hall–Kier alpha value is -1.32. The van der Waals surface area contributed by atoms with E-state index in [-0.39, 0.29) is 10.0 Å². The van der Waals surface area contributed by atoms with Crippen LogP contribution in [0.2, 0.25) is 0 Å². The fourth-order valence-electron chi connectivity index (χ4n) is 1.77. The molecule has 1 aromatic rings. The van der Waals surface area contributed by atoms with Crippen molar-refractivity contribution in [3.8, 4) is 0 Å². The van der Waals surface area contributed by atoms with Crippen molar-refractivity contribution >= 4 is 22.0 Å². The van der Waals surface area contributed by atoms with Crippen LogP contribution < -0.4 is 5.32 Å². The van der Waals surface area contributed by atoms with Gasteiger partial charge in [0.15, 0.2) is 0 Å². The van der Waals surface area contributed by atoms with Crippen LogP contribution in [-0.4, -0.2) is 34.6 Å². The molecule has 3 N–H and O–H groups in total. The molecule has 0 aromatic heterocycles. The summed E-state index contributed by atoms with van der Waals surface area (Å²) in [5.41, 5.74) is -1.83. The number of carbonyl (C=O) groups excluding carboxylic acids is 1. The average molecular weight is 414 g/mol. The molecule has 24 heavy (non-hydrogen) atoms. The largest absolute Gasteiger partial charge is 0.444 e. The van der Waals surface area contributed by atoms with Crippen LogP contribution in [-0.2, 0) is 10.9 Å². The maximum atomic E-state index is 12.7. The molecule has 1 amide bonds. The van der Waals surface area contributed by atoms with Gasteiger partial charge in [0.2, 0.25) is 0 Å². The van der Waals surface area contributed by atoms with Crippen LogP contribution in [0.25, 0.3) is 0 Å². The molecular formula is C15H19BrF3NO4. The van der Waals surface area contributed by atoms with Crippen molar-refractivity contribution in [3.63, 3.8) is 0 Å². The summed E-state index contributed by atoms with van der Waals surface area (Å²) in [6, 6.07) is 2.73. The summed E-state index contributed by atoms with van der Waals surface area (Å²) < 4.78 is 43.4. The first-order valence-corrected chi connectivity index (χ1v) is 7.80. The minimum Gasteiger partial charge on any atom is -0.444 e. The van der Waals surface area contributed by atoms with E-state index in [1.54, 1.807) is 20.8 Å². The molecule has 2 atom stereocenters. The van der Waals surface area contributed by atoms with Gasteiger partial charge < -0.3 is 20.3 Å². The summed E-state index contributed by atoms with van der Waals surface area (Å²) >= 11 is 3.04. The number of nitrogens with one attached hydrogen (secondary N) is 1. The van der Waals surface area contributed by atoms with Gasteiger partial charge in [-0.25, -0.2) is 4.79 Å². The van der Waals surface area contributed by atoms with Crippen LogP contribution in [0.15, 0.2) is 22.7 Å². The van der Waals surface area contributed by atoms with Crippen LogP contribution in [0.3, 0.4) is 0 Å². The standard InChI is InChI=1S/C15H19BrF3NO4/c1-14(2,3)24-13(23)20-7-11(21)12(22)9-6-8(15(17,18)19)4-5-10(9)16/h4-6,11-12,21-22H,7H2,1-3H3,(H,20,23). The van der Waals surface area contributed by atoms with Crippen LogP contribution in [0.5, 0.6) is 0 Å². The molecule has 1 rings (SSSR count). The topological polar surface area (TPSA) is 78.8 Å². The molecule has 0 radical (unpaired) electrons. The van der Waals surface area contributed by atoms with Gasteiger partial charge in [-0.1, -0.05) is 15.9 Å². The molecule has 1 aromatic carbocycles. The fraction of sp³-hybridized carbons (Fsp3) is 0.533. The van der Waals surface area contributed by atoms with Gasteiger partial charge in [-0.3, -0.25) is 0 Å². The smallest absolute Gasteiger partial charge is 0.416 e. The van der Waals surface area contributed by atoms with Gasteiger partial charge in [0.25, 0.3) is 0 Å². The van der Waals surface area contributed by atoms with E-state index >= 15 is 0 Å². The molecule has 0 fully saturated rings. The van der Waals surface area contributed by atoms with Crippen LogP contribution >= 0.6 is 15.9 Å². The molecular weight excluding hydrogens is 395 g/mol. The Kier molecular flexibility index (Phi) is 6.66. The number of aliphatic hydroxyl groups excluding tert-OH is 2. The van der Waals surface area contributed by atoms with Gasteiger partial charge in [0.1, 0.15) is 17.8 Å². The van der Waals surface area contributed by atoms with Gasteiger partial charge in [0, 0.05) is 11.0 Å². The second kappa shape index (κ2) is 7.71. The highest BCUT2D eigenvalue weighted by atomic mass is 79.9. The highest BCUT2D eigenvalue weighted by Gasteiger charge is 2.32. The van der Waals surface area contributed by atoms with Gasteiger partial charge in [0.05, 0.1) is 5.56 Å². The minimum absolute atomic E-state index is 0.136. The van der Waals surface area contributed by atoms with Crippen LogP contribution in [0, 0.1) is 0 Å². The summed E-state index contributed by atoms with van der Waals surface area (Å²) in [5, 5.41) is 22.2. The third kappa shape index (κ3) is 6.29. The lowest BCUT2D eigenvalue weighted by atomic mass is 10.0. The minimum atomic E-state index is -4.57. The second-order valence-corrected chi connectivity index (χ2v) is 6.98. The zero-order chi connectivity index (χ0) is 18.7. The van der Waals surface area contributed by atoms with E-state index in [1.165, 1.54) is 0 Å². The molecule has 0 aliphatic rings. The van der Waals surface area contributed by atoms with Crippen LogP contribution in [0.1, 0.15) is 38.0 Å². The summed E-state index contributed by atoms with van der Waals surface area (Å²) in [5.74, 6) is 0. The van der Waals surface area contributed by atoms with Crippen molar-refractivity contribution in [3.05, 3.63) is 33.8 Å². The van der Waals surface area contributed by atoms with Gasteiger partial charge in [-0.15, -0.1) is 0 Å². The lowest BCUT2D eigenvalue weighted by Gasteiger charge is -2.23. The Morgan fingerprint density at radius 2 is 1.88 bits per heavy atom. The number of halogens is 4. The number of alkyl carbamates (subject to hydrolysis) is 1. The van der Waals surface area contributed by atoms with E-state index in [9.17, 15) is 28.2 Å². The molecule has 0 bridgehead atoms. The Labute approximate surface area is 145 Å². The number of amides is 1. The average Bonchev–Trinajstić information content (AvgIpc) is 2.41. The Morgan fingerprint density at radius 3 is 2.38 bits per heavy atom. The number of aliphatic hydroxyl groups is 2. The fourth-order valence-corrected chi connectivity index (χ4v) is 2.25. The van der Waals surface area contributed by atoms with E-state index in [1.807, 2.05) is 0 Å². The normalized spacial score (nSPS) is 14.9. The summed E-state index contributed by atoms with van der Waals surface area (Å²) in [7, 11) is 0. The molecule has 5 nitrogen and oxygen atoms in total. The maximum absolute atomic E-state index is 12.7. The molecule has 2 unspecified atom stereocenters. The third-order valence-corrected chi connectivity index (χ3v) is 3.58. The summed E-state index contributed by atoms with van der Waals surface area (Å²) in [4.78, 5) is 11.5. The number of hydrogen-bond acceptors (Lipinski definition) is 4. The molecule has 0 saturated carbocycles. The Morgan fingerprint density at radius 1 is 1.29 bits per heavy atom. The highest BCUT2D eigenvalue weighted by molar-refractivity contribution is 9.10. The highest BCUT2D eigenvalue weighted by Crippen LogP contribution is 2.34. The maximum Gasteiger partial charge on any atom is 0.416 e. The number of ether oxygens (including phenoxy) is 1. The predicted molar refractivity (Wildman–Crippen MR) is 84.3 cm³/mol. The van der Waals surface area contributed by atoms with E-state index in [0.717, 1.165) is 18.2 Å². The number of benzene rings is 1. The first-order chi connectivity index (χ1) is 10.8. The van der Waals surface area contributed by atoms with Gasteiger partial charge in [-0.2, -0.15) is 13.2 Å². The third-order valence-electron chi connectivity index (χ3n) is 2.86. The molecule has 9 heteroatoms. The van der Waals surface area contributed by atoms with Gasteiger partial charge >= 0.3 is 12.3 Å². The number of carbonyl (C=O) groups is 1. The lowest BCUT2D eigenvalue weighted by Crippen LogP contribution is -2.39. The lowest BCUT2D eigenvalue weighted by molar-refractivity contribution is -0.137. The quantitative estimate of drug-likeness (QED) is 0.706. The molecule has 0 saturated heterocycles. The van der Waals surface area contributed by atoms with E-state index in [2.05, 4.69) is 21.2 Å². The van der Waals surface area contributed by atoms with E-state index < -0.39 is 42.2 Å². The summed E-state index contributed by atoms with van der Waals surface area (Å²) in [6.45, 7) is 4.56. The number of rotatable bonds is 4. The van der Waals surface area contributed by atoms with Gasteiger partial charge in [-0.05, 0) is 44.5 Å². The van der Waals surface area contributed by atoms with Crippen molar-refractivity contribution in [2.24, 2.45) is 0 Å². The zero-order valence-electron chi connectivity index (χ0n) is 13.3. The molecule has 0 aliphatic heterocycles. The van der Waals surface area contributed by atoms with E-state index in [0.29, 0.717) is 0 Å². The van der Waals surface area contributed by atoms with Crippen molar-refractivity contribution in [2.75, 3.05) is 6.54 Å². The zero-order valence-corrected chi connectivity index (χ0v) is 14.9. The SMILES string of the molecule is CC(C)(C)OC(=O)NCC(O)C(O)c1cc(C(F)(F)F)ccc1Br. The van der Waals surface area contributed by atoms with Crippen LogP contribution in [0.4, 0.5) is 18.0 Å². The molecule has 0 aliphatic carbocycles. The number of hydrogen-bond donors (Lipinski definition) is 3. The summed E-state index contributed by atoms with van der Waals surface area (Å²) in [6.07, 6.45) is -8.53. The van der Waals surface area contributed by atoms with Crippen molar-refractivity contribution in [1.82, 2.24) is 5.32 Å². The second-order valence-electron chi connectivity index (χ2n) is 6.13. The van der Waals surface area contributed by atoms with E-state index in [4.69, 9.17) is 4.74 Å². The van der Waals surface area contributed by atoms with Crippen molar-refractivity contribution in [2.45, 2.75) is 44.8 Å².